The van der Waals surface area contributed by atoms with Crippen LogP contribution in [0.2, 0.25) is 0 Å². The molecule has 5 heteroatoms. The summed E-state index contributed by atoms with van der Waals surface area (Å²) in [5.74, 6) is 0.159. The lowest BCUT2D eigenvalue weighted by atomic mass is 9.98. The SMILES string of the molecule is NCC1(NC(=O)c2cc3cccc(Br)c3o2)CCCC1. The third kappa shape index (κ3) is 2.36. The number of furan rings is 1. The maximum Gasteiger partial charge on any atom is 0.287 e. The standard InChI is InChI=1S/C15H17BrN2O2/c16-11-5-3-4-10-8-12(20-13(10)11)14(19)18-15(9-17)6-1-2-7-15/h3-5,8H,1-2,6-7,9,17H2,(H,18,19). The van der Waals surface area contributed by atoms with Gasteiger partial charge in [0.15, 0.2) is 5.76 Å². The molecule has 1 fully saturated rings. The summed E-state index contributed by atoms with van der Waals surface area (Å²) >= 11 is 3.43. The van der Waals surface area contributed by atoms with E-state index in [4.69, 9.17) is 10.2 Å². The van der Waals surface area contributed by atoms with Gasteiger partial charge in [-0.15, -0.1) is 0 Å². The average molecular weight is 337 g/mol. The van der Waals surface area contributed by atoms with E-state index in [9.17, 15) is 4.79 Å². The van der Waals surface area contributed by atoms with E-state index in [2.05, 4.69) is 21.2 Å². The Bertz CT molecular complexity index is 644. The number of amides is 1. The molecule has 1 saturated carbocycles. The second-order valence-electron chi connectivity index (χ2n) is 5.41. The van der Waals surface area contributed by atoms with Crippen LogP contribution >= 0.6 is 15.9 Å². The third-order valence-corrected chi connectivity index (χ3v) is 4.67. The Kier molecular flexibility index (Phi) is 3.56. The van der Waals surface area contributed by atoms with Crippen molar-refractivity contribution in [2.75, 3.05) is 6.54 Å². The lowest BCUT2D eigenvalue weighted by Crippen LogP contribution is -2.51. The van der Waals surface area contributed by atoms with Crippen LogP contribution in [-0.4, -0.2) is 18.0 Å². The Hall–Kier alpha value is -1.33. The van der Waals surface area contributed by atoms with E-state index in [1.807, 2.05) is 18.2 Å². The van der Waals surface area contributed by atoms with Gasteiger partial charge in [-0.05, 0) is 40.9 Å². The Morgan fingerprint density at radius 2 is 2.15 bits per heavy atom. The highest BCUT2D eigenvalue weighted by atomic mass is 79.9. The normalized spacial score (nSPS) is 17.5. The van der Waals surface area contributed by atoms with Gasteiger partial charge in [-0.3, -0.25) is 4.79 Å². The first-order valence-electron chi connectivity index (χ1n) is 6.84. The molecular formula is C15H17BrN2O2. The van der Waals surface area contributed by atoms with Gasteiger partial charge in [0.05, 0.1) is 10.0 Å². The summed E-state index contributed by atoms with van der Waals surface area (Å²) in [6.45, 7) is 0.475. The summed E-state index contributed by atoms with van der Waals surface area (Å²) in [4.78, 5) is 12.4. The van der Waals surface area contributed by atoms with Gasteiger partial charge in [0.1, 0.15) is 5.58 Å². The summed E-state index contributed by atoms with van der Waals surface area (Å²) in [5.41, 5.74) is 6.28. The highest BCUT2D eigenvalue weighted by molar-refractivity contribution is 9.10. The molecule has 1 heterocycles. The topological polar surface area (TPSA) is 68.3 Å². The molecule has 1 amide bonds. The van der Waals surface area contributed by atoms with Crippen LogP contribution in [-0.2, 0) is 0 Å². The van der Waals surface area contributed by atoms with Gasteiger partial charge < -0.3 is 15.5 Å². The van der Waals surface area contributed by atoms with Crippen LogP contribution in [0.4, 0.5) is 0 Å². The minimum atomic E-state index is -0.257. The molecular weight excluding hydrogens is 320 g/mol. The first-order chi connectivity index (χ1) is 9.63. The number of carbonyl (C=O) groups is 1. The number of para-hydroxylation sites is 1. The second-order valence-corrected chi connectivity index (χ2v) is 6.27. The van der Waals surface area contributed by atoms with E-state index >= 15 is 0 Å². The molecule has 1 aliphatic rings. The molecule has 20 heavy (non-hydrogen) atoms. The molecule has 0 radical (unpaired) electrons. The van der Waals surface area contributed by atoms with Crippen molar-refractivity contribution in [3.8, 4) is 0 Å². The Balaban J connectivity index is 1.87. The van der Waals surface area contributed by atoms with Crippen molar-refractivity contribution in [2.24, 2.45) is 5.73 Å². The molecule has 1 aromatic heterocycles. The van der Waals surface area contributed by atoms with Gasteiger partial charge in [-0.1, -0.05) is 25.0 Å². The van der Waals surface area contributed by atoms with Crippen molar-refractivity contribution in [1.82, 2.24) is 5.32 Å². The Morgan fingerprint density at radius 3 is 2.80 bits per heavy atom. The largest absolute Gasteiger partial charge is 0.450 e. The number of fused-ring (bicyclic) bond motifs is 1. The first-order valence-corrected chi connectivity index (χ1v) is 7.63. The summed E-state index contributed by atoms with van der Waals surface area (Å²) in [6.07, 6.45) is 4.12. The van der Waals surface area contributed by atoms with E-state index in [0.29, 0.717) is 17.9 Å². The fraction of sp³-hybridized carbons (Fsp3) is 0.400. The van der Waals surface area contributed by atoms with Gasteiger partial charge >= 0.3 is 0 Å². The number of hydrogen-bond acceptors (Lipinski definition) is 3. The van der Waals surface area contributed by atoms with E-state index in [1.54, 1.807) is 6.07 Å². The van der Waals surface area contributed by atoms with Crippen LogP contribution in [0.3, 0.4) is 0 Å². The predicted molar refractivity (Wildman–Crippen MR) is 81.6 cm³/mol. The molecule has 0 spiro atoms. The molecule has 0 atom stereocenters. The van der Waals surface area contributed by atoms with Crippen molar-refractivity contribution in [3.63, 3.8) is 0 Å². The third-order valence-electron chi connectivity index (χ3n) is 4.05. The van der Waals surface area contributed by atoms with Gasteiger partial charge in [0, 0.05) is 11.9 Å². The van der Waals surface area contributed by atoms with E-state index in [-0.39, 0.29) is 11.4 Å². The summed E-state index contributed by atoms with van der Waals surface area (Å²) in [6, 6.07) is 7.51. The second kappa shape index (κ2) is 5.22. The lowest BCUT2D eigenvalue weighted by Gasteiger charge is -2.28. The van der Waals surface area contributed by atoms with Crippen LogP contribution in [0.25, 0.3) is 11.0 Å². The summed E-state index contributed by atoms with van der Waals surface area (Å²) < 4.78 is 6.51. The molecule has 0 bridgehead atoms. The minimum Gasteiger partial charge on any atom is -0.450 e. The number of nitrogens with two attached hydrogens (primary N) is 1. The minimum absolute atomic E-state index is 0.180. The van der Waals surface area contributed by atoms with Gasteiger partial charge in [0.2, 0.25) is 0 Å². The van der Waals surface area contributed by atoms with Crippen LogP contribution in [0.15, 0.2) is 33.2 Å². The number of carbonyl (C=O) groups excluding carboxylic acids is 1. The van der Waals surface area contributed by atoms with Crippen LogP contribution in [0.1, 0.15) is 36.2 Å². The molecule has 3 N–H and O–H groups in total. The van der Waals surface area contributed by atoms with Crippen LogP contribution in [0.5, 0.6) is 0 Å². The highest BCUT2D eigenvalue weighted by Gasteiger charge is 2.34. The quantitative estimate of drug-likeness (QED) is 0.904. The van der Waals surface area contributed by atoms with E-state index in [0.717, 1.165) is 35.5 Å². The number of rotatable bonds is 3. The maximum atomic E-state index is 12.4. The van der Waals surface area contributed by atoms with Crippen LogP contribution in [0, 0.1) is 0 Å². The molecule has 0 aliphatic heterocycles. The fourth-order valence-corrected chi connectivity index (χ4v) is 3.34. The molecule has 3 rings (SSSR count). The van der Waals surface area contributed by atoms with Gasteiger partial charge in [-0.25, -0.2) is 0 Å². The Labute approximate surface area is 125 Å². The number of benzene rings is 1. The summed E-state index contributed by atoms with van der Waals surface area (Å²) in [7, 11) is 0. The first kappa shape index (κ1) is 13.6. The monoisotopic (exact) mass is 336 g/mol. The number of halogens is 1. The number of hydrogen-bond donors (Lipinski definition) is 2. The van der Waals surface area contributed by atoms with Crippen molar-refractivity contribution in [1.29, 1.82) is 0 Å². The van der Waals surface area contributed by atoms with Crippen molar-refractivity contribution in [3.05, 3.63) is 34.5 Å². The molecule has 0 saturated heterocycles. The van der Waals surface area contributed by atoms with Crippen molar-refractivity contribution in [2.45, 2.75) is 31.2 Å². The smallest absolute Gasteiger partial charge is 0.287 e. The zero-order valence-electron chi connectivity index (χ0n) is 11.1. The zero-order chi connectivity index (χ0) is 14.2. The van der Waals surface area contributed by atoms with Crippen molar-refractivity contribution >= 4 is 32.8 Å². The molecule has 1 aliphatic carbocycles. The molecule has 106 valence electrons. The zero-order valence-corrected chi connectivity index (χ0v) is 12.7. The van der Waals surface area contributed by atoms with E-state index < -0.39 is 0 Å². The van der Waals surface area contributed by atoms with Gasteiger partial charge in [0.25, 0.3) is 5.91 Å². The van der Waals surface area contributed by atoms with Crippen molar-refractivity contribution < 1.29 is 9.21 Å². The van der Waals surface area contributed by atoms with Gasteiger partial charge in [-0.2, -0.15) is 0 Å². The maximum absolute atomic E-state index is 12.4. The highest BCUT2D eigenvalue weighted by Crippen LogP contribution is 2.30. The average Bonchev–Trinajstić information content (AvgIpc) is 3.06. The molecule has 4 nitrogen and oxygen atoms in total. The molecule has 1 aromatic carbocycles. The lowest BCUT2D eigenvalue weighted by molar-refractivity contribution is 0.0876. The Morgan fingerprint density at radius 1 is 1.40 bits per heavy atom. The molecule has 0 unspecified atom stereocenters. The van der Waals surface area contributed by atoms with Crippen LogP contribution < -0.4 is 11.1 Å². The predicted octanol–water partition coefficient (Wildman–Crippen LogP) is 3.20. The number of nitrogens with one attached hydrogen (secondary N) is 1. The molecule has 2 aromatic rings. The summed E-state index contributed by atoms with van der Waals surface area (Å²) in [5, 5.41) is 3.98. The van der Waals surface area contributed by atoms with E-state index in [1.165, 1.54) is 0 Å². The fourth-order valence-electron chi connectivity index (χ4n) is 2.87.